The second-order valence-electron chi connectivity index (χ2n) is 7.49. The Hall–Kier alpha value is -0.0800. The number of hydrogen-bond acceptors (Lipinski definition) is 2. The first-order valence-corrected chi connectivity index (χ1v) is 8.53. The SMILES string of the molecule is CC(C)C1CCC(N)C(N(C)CC2CCCCC2)C1. The summed E-state index contributed by atoms with van der Waals surface area (Å²) in [5, 5.41) is 0. The second kappa shape index (κ2) is 7.08. The summed E-state index contributed by atoms with van der Waals surface area (Å²) in [6, 6.07) is 1.03. The highest BCUT2D eigenvalue weighted by Crippen LogP contribution is 2.33. The van der Waals surface area contributed by atoms with Crippen molar-refractivity contribution in [1.29, 1.82) is 0 Å². The molecule has 0 radical (unpaired) electrons. The van der Waals surface area contributed by atoms with Crippen molar-refractivity contribution in [2.24, 2.45) is 23.5 Å². The van der Waals surface area contributed by atoms with Crippen molar-refractivity contribution in [2.75, 3.05) is 13.6 Å². The zero-order valence-electron chi connectivity index (χ0n) is 13.3. The Morgan fingerprint density at radius 1 is 1.05 bits per heavy atom. The van der Waals surface area contributed by atoms with Gasteiger partial charge in [-0.15, -0.1) is 0 Å². The summed E-state index contributed by atoms with van der Waals surface area (Å²) in [6.45, 7) is 6.03. The highest BCUT2D eigenvalue weighted by atomic mass is 15.1. The van der Waals surface area contributed by atoms with E-state index in [2.05, 4.69) is 25.8 Å². The summed E-state index contributed by atoms with van der Waals surface area (Å²) >= 11 is 0. The molecule has 3 atom stereocenters. The van der Waals surface area contributed by atoms with Gasteiger partial charge in [0.05, 0.1) is 0 Å². The minimum Gasteiger partial charge on any atom is -0.326 e. The zero-order valence-corrected chi connectivity index (χ0v) is 13.3. The molecular weight excluding hydrogens is 232 g/mol. The minimum absolute atomic E-state index is 0.406. The van der Waals surface area contributed by atoms with Crippen molar-refractivity contribution in [2.45, 2.75) is 77.3 Å². The molecule has 19 heavy (non-hydrogen) atoms. The number of hydrogen-bond donors (Lipinski definition) is 1. The van der Waals surface area contributed by atoms with E-state index in [1.165, 1.54) is 57.9 Å². The smallest absolute Gasteiger partial charge is 0.0247 e. The van der Waals surface area contributed by atoms with E-state index in [4.69, 9.17) is 5.73 Å². The number of nitrogens with zero attached hydrogens (tertiary/aromatic N) is 1. The van der Waals surface area contributed by atoms with Gasteiger partial charge in [-0.25, -0.2) is 0 Å². The van der Waals surface area contributed by atoms with E-state index in [1.807, 2.05) is 0 Å². The maximum absolute atomic E-state index is 6.41. The predicted molar refractivity (Wildman–Crippen MR) is 83.1 cm³/mol. The summed E-state index contributed by atoms with van der Waals surface area (Å²) in [7, 11) is 2.32. The topological polar surface area (TPSA) is 29.3 Å². The average Bonchev–Trinajstić information content (AvgIpc) is 2.40. The Kier molecular flexibility index (Phi) is 5.70. The molecular formula is C17H34N2. The zero-order chi connectivity index (χ0) is 13.8. The van der Waals surface area contributed by atoms with E-state index >= 15 is 0 Å². The number of rotatable bonds is 4. The van der Waals surface area contributed by atoms with Gasteiger partial charge in [-0.1, -0.05) is 33.1 Å². The maximum Gasteiger partial charge on any atom is 0.0247 e. The normalized spacial score (nSPS) is 34.1. The molecule has 2 rings (SSSR count). The summed E-state index contributed by atoms with van der Waals surface area (Å²) in [4.78, 5) is 2.61. The third-order valence-corrected chi connectivity index (χ3v) is 5.69. The molecule has 0 aromatic heterocycles. The first-order valence-electron chi connectivity index (χ1n) is 8.53. The van der Waals surface area contributed by atoms with Crippen molar-refractivity contribution in [1.82, 2.24) is 4.90 Å². The van der Waals surface area contributed by atoms with Crippen LogP contribution >= 0.6 is 0 Å². The van der Waals surface area contributed by atoms with Crippen LogP contribution in [0.2, 0.25) is 0 Å². The fourth-order valence-electron chi connectivity index (χ4n) is 4.23. The highest BCUT2D eigenvalue weighted by Gasteiger charge is 2.32. The van der Waals surface area contributed by atoms with Crippen LogP contribution in [0.15, 0.2) is 0 Å². The molecule has 2 N–H and O–H groups in total. The average molecular weight is 266 g/mol. The lowest BCUT2D eigenvalue weighted by atomic mass is 9.76. The van der Waals surface area contributed by atoms with E-state index in [0.717, 1.165) is 17.8 Å². The molecule has 2 saturated carbocycles. The van der Waals surface area contributed by atoms with Gasteiger partial charge >= 0.3 is 0 Å². The quantitative estimate of drug-likeness (QED) is 0.841. The van der Waals surface area contributed by atoms with Gasteiger partial charge in [0.25, 0.3) is 0 Å². The van der Waals surface area contributed by atoms with E-state index in [9.17, 15) is 0 Å². The molecule has 0 bridgehead atoms. The van der Waals surface area contributed by atoms with Crippen LogP contribution in [-0.2, 0) is 0 Å². The van der Waals surface area contributed by atoms with E-state index in [0.29, 0.717) is 12.1 Å². The molecule has 2 nitrogen and oxygen atoms in total. The Morgan fingerprint density at radius 3 is 2.37 bits per heavy atom. The van der Waals surface area contributed by atoms with Crippen LogP contribution in [0, 0.1) is 17.8 Å². The van der Waals surface area contributed by atoms with Crippen LogP contribution in [0.25, 0.3) is 0 Å². The fourth-order valence-corrected chi connectivity index (χ4v) is 4.23. The maximum atomic E-state index is 6.41. The Bertz CT molecular complexity index is 258. The second-order valence-corrected chi connectivity index (χ2v) is 7.49. The first kappa shape index (κ1) is 15.3. The number of likely N-dealkylation sites (N-methyl/N-ethyl adjacent to an activating group) is 1. The van der Waals surface area contributed by atoms with Crippen molar-refractivity contribution in [3.05, 3.63) is 0 Å². The highest BCUT2D eigenvalue weighted by molar-refractivity contribution is 4.90. The molecule has 2 aliphatic carbocycles. The minimum atomic E-state index is 0.406. The fraction of sp³-hybridized carbons (Fsp3) is 1.00. The van der Waals surface area contributed by atoms with Crippen LogP contribution in [-0.4, -0.2) is 30.6 Å². The van der Waals surface area contributed by atoms with Gasteiger partial charge in [-0.3, -0.25) is 0 Å². The Morgan fingerprint density at radius 2 is 1.74 bits per heavy atom. The van der Waals surface area contributed by atoms with Gasteiger partial charge in [0.15, 0.2) is 0 Å². The Balaban J connectivity index is 1.86. The summed E-state index contributed by atoms with van der Waals surface area (Å²) in [6.07, 6.45) is 11.1. The van der Waals surface area contributed by atoms with Gasteiger partial charge in [0.2, 0.25) is 0 Å². The predicted octanol–water partition coefficient (Wildman–Crippen LogP) is 3.65. The van der Waals surface area contributed by atoms with Gasteiger partial charge in [0, 0.05) is 18.6 Å². The Labute approximate surface area is 120 Å². The third kappa shape index (κ3) is 4.19. The molecule has 0 amide bonds. The van der Waals surface area contributed by atoms with Gasteiger partial charge < -0.3 is 10.6 Å². The molecule has 0 aromatic rings. The lowest BCUT2D eigenvalue weighted by molar-refractivity contribution is 0.0976. The third-order valence-electron chi connectivity index (χ3n) is 5.69. The van der Waals surface area contributed by atoms with Gasteiger partial charge in [-0.05, 0) is 56.9 Å². The van der Waals surface area contributed by atoms with Crippen LogP contribution in [0.5, 0.6) is 0 Å². The number of nitrogens with two attached hydrogens (primary N) is 1. The van der Waals surface area contributed by atoms with Gasteiger partial charge in [-0.2, -0.15) is 0 Å². The van der Waals surface area contributed by atoms with Crippen molar-refractivity contribution in [3.63, 3.8) is 0 Å². The molecule has 3 unspecified atom stereocenters. The van der Waals surface area contributed by atoms with Crippen molar-refractivity contribution >= 4 is 0 Å². The molecule has 0 heterocycles. The standard InChI is InChI=1S/C17H34N2/c1-13(2)15-9-10-16(18)17(11-15)19(3)12-14-7-5-4-6-8-14/h13-17H,4-12,18H2,1-3H3. The summed E-state index contributed by atoms with van der Waals surface area (Å²) in [5.74, 6) is 2.64. The van der Waals surface area contributed by atoms with Crippen LogP contribution in [0.1, 0.15) is 65.2 Å². The molecule has 2 aliphatic rings. The molecule has 0 saturated heterocycles. The lowest BCUT2D eigenvalue weighted by Crippen LogP contribution is -2.51. The van der Waals surface area contributed by atoms with E-state index in [-0.39, 0.29) is 0 Å². The van der Waals surface area contributed by atoms with Crippen LogP contribution < -0.4 is 5.73 Å². The van der Waals surface area contributed by atoms with E-state index in [1.54, 1.807) is 0 Å². The molecule has 0 aromatic carbocycles. The van der Waals surface area contributed by atoms with Gasteiger partial charge in [0.1, 0.15) is 0 Å². The van der Waals surface area contributed by atoms with Crippen LogP contribution in [0.3, 0.4) is 0 Å². The molecule has 2 heteroatoms. The van der Waals surface area contributed by atoms with Crippen molar-refractivity contribution in [3.8, 4) is 0 Å². The van der Waals surface area contributed by atoms with Crippen LogP contribution in [0.4, 0.5) is 0 Å². The summed E-state index contributed by atoms with van der Waals surface area (Å²) < 4.78 is 0. The monoisotopic (exact) mass is 266 g/mol. The first-order chi connectivity index (χ1) is 9.08. The van der Waals surface area contributed by atoms with E-state index < -0.39 is 0 Å². The molecule has 2 fully saturated rings. The largest absolute Gasteiger partial charge is 0.326 e. The summed E-state index contributed by atoms with van der Waals surface area (Å²) in [5.41, 5.74) is 6.41. The lowest BCUT2D eigenvalue weighted by Gasteiger charge is -2.42. The molecule has 112 valence electrons. The van der Waals surface area contributed by atoms with Crippen molar-refractivity contribution < 1.29 is 0 Å². The molecule has 0 spiro atoms. The molecule has 0 aliphatic heterocycles.